The number of hydrogen-bond donors (Lipinski definition) is 1. The zero-order valence-corrected chi connectivity index (χ0v) is 9.40. The molecule has 4 nitrogen and oxygen atoms in total. The summed E-state index contributed by atoms with van der Waals surface area (Å²) in [6.07, 6.45) is 2.51. The van der Waals surface area contributed by atoms with E-state index in [9.17, 15) is 4.79 Å². The van der Waals surface area contributed by atoms with Gasteiger partial charge in [0.05, 0.1) is 17.6 Å². The summed E-state index contributed by atoms with van der Waals surface area (Å²) in [7, 11) is 0. The van der Waals surface area contributed by atoms with E-state index < -0.39 is 5.97 Å². The highest BCUT2D eigenvalue weighted by Gasteiger charge is 2.10. The van der Waals surface area contributed by atoms with Crippen molar-refractivity contribution in [3.8, 4) is 0 Å². The Bertz CT molecular complexity index is 543. The van der Waals surface area contributed by atoms with Crippen LogP contribution in [0.1, 0.15) is 23.5 Å². The van der Waals surface area contributed by atoms with Gasteiger partial charge in [-0.3, -0.25) is 4.79 Å². The molecule has 0 saturated heterocycles. The Balaban J connectivity index is 2.47. The van der Waals surface area contributed by atoms with Crippen LogP contribution in [0, 0.1) is 13.8 Å². The van der Waals surface area contributed by atoms with Gasteiger partial charge in [-0.05, 0) is 25.5 Å². The van der Waals surface area contributed by atoms with Crippen LogP contribution in [0.25, 0.3) is 5.52 Å². The average molecular weight is 218 g/mol. The van der Waals surface area contributed by atoms with Crippen molar-refractivity contribution in [1.82, 2.24) is 9.38 Å². The average Bonchev–Trinajstić information content (AvgIpc) is 2.54. The molecule has 0 aromatic carbocycles. The first kappa shape index (κ1) is 10.7. The third-order valence-electron chi connectivity index (χ3n) is 2.68. The highest BCUT2D eigenvalue weighted by Crippen LogP contribution is 2.17. The minimum absolute atomic E-state index is 0.118. The highest BCUT2D eigenvalue weighted by molar-refractivity contribution is 5.67. The summed E-state index contributed by atoms with van der Waals surface area (Å²) in [5.41, 5.74) is 3.20. The topological polar surface area (TPSA) is 54.6 Å². The van der Waals surface area contributed by atoms with Gasteiger partial charge in [-0.25, -0.2) is 4.98 Å². The molecule has 2 aromatic heterocycles. The lowest BCUT2D eigenvalue weighted by atomic mass is 10.2. The van der Waals surface area contributed by atoms with Crippen molar-refractivity contribution in [3.05, 3.63) is 35.4 Å². The van der Waals surface area contributed by atoms with E-state index in [1.807, 2.05) is 36.6 Å². The summed E-state index contributed by atoms with van der Waals surface area (Å²) in [6.45, 7) is 3.98. The van der Waals surface area contributed by atoms with E-state index in [1.165, 1.54) is 0 Å². The first-order valence-corrected chi connectivity index (χ1v) is 5.24. The van der Waals surface area contributed by atoms with Crippen LogP contribution in [-0.2, 0) is 11.2 Å². The lowest BCUT2D eigenvalue weighted by molar-refractivity contribution is -0.137. The fourth-order valence-corrected chi connectivity index (χ4v) is 1.99. The summed E-state index contributed by atoms with van der Waals surface area (Å²) in [5.74, 6) is 0.0284. The second kappa shape index (κ2) is 3.96. The lowest BCUT2D eigenvalue weighted by Crippen LogP contribution is -2.01. The minimum atomic E-state index is -0.790. The van der Waals surface area contributed by atoms with E-state index >= 15 is 0 Å². The van der Waals surface area contributed by atoms with E-state index in [-0.39, 0.29) is 6.42 Å². The lowest BCUT2D eigenvalue weighted by Gasteiger charge is -2.01. The first-order valence-electron chi connectivity index (χ1n) is 5.24. The number of pyridine rings is 1. The highest BCUT2D eigenvalue weighted by atomic mass is 16.4. The Morgan fingerprint density at radius 3 is 2.94 bits per heavy atom. The molecule has 0 atom stereocenters. The predicted molar refractivity (Wildman–Crippen MR) is 60.6 cm³/mol. The van der Waals surface area contributed by atoms with Gasteiger partial charge in [0.15, 0.2) is 0 Å². The number of aromatic nitrogens is 2. The molecule has 4 heteroatoms. The van der Waals surface area contributed by atoms with Gasteiger partial charge in [-0.15, -0.1) is 0 Å². The molecule has 2 heterocycles. The fraction of sp³-hybridized carbons (Fsp3) is 0.333. The van der Waals surface area contributed by atoms with E-state index in [1.54, 1.807) is 0 Å². The van der Waals surface area contributed by atoms with Crippen LogP contribution >= 0.6 is 0 Å². The van der Waals surface area contributed by atoms with Crippen LogP contribution in [0.3, 0.4) is 0 Å². The number of carboxylic acid groups (broad SMARTS) is 1. The number of carbonyl (C=O) groups is 1. The van der Waals surface area contributed by atoms with Crippen LogP contribution in [0.5, 0.6) is 0 Å². The van der Waals surface area contributed by atoms with Crippen molar-refractivity contribution in [3.63, 3.8) is 0 Å². The fourth-order valence-electron chi connectivity index (χ4n) is 1.99. The molecule has 2 rings (SSSR count). The van der Waals surface area contributed by atoms with Crippen molar-refractivity contribution in [2.75, 3.05) is 0 Å². The van der Waals surface area contributed by atoms with Gasteiger partial charge in [-0.2, -0.15) is 0 Å². The molecule has 0 spiro atoms. The summed E-state index contributed by atoms with van der Waals surface area (Å²) >= 11 is 0. The molecule has 0 amide bonds. The van der Waals surface area contributed by atoms with E-state index in [2.05, 4.69) is 4.98 Å². The number of hydrogen-bond acceptors (Lipinski definition) is 2. The SMILES string of the molecule is Cc1cccn2c(CCC(=O)O)nc(C)c12. The van der Waals surface area contributed by atoms with Gasteiger partial charge >= 0.3 is 5.97 Å². The predicted octanol–water partition coefficient (Wildman–Crippen LogP) is 1.97. The van der Waals surface area contributed by atoms with E-state index in [0.29, 0.717) is 6.42 Å². The van der Waals surface area contributed by atoms with Gasteiger partial charge in [0.1, 0.15) is 5.82 Å². The summed E-state index contributed by atoms with van der Waals surface area (Å²) in [4.78, 5) is 15.0. The first-order chi connectivity index (χ1) is 7.59. The van der Waals surface area contributed by atoms with Crippen LogP contribution < -0.4 is 0 Å². The van der Waals surface area contributed by atoms with Crippen molar-refractivity contribution < 1.29 is 9.90 Å². The molecule has 0 aliphatic heterocycles. The Morgan fingerprint density at radius 2 is 2.25 bits per heavy atom. The number of nitrogens with zero attached hydrogens (tertiary/aromatic N) is 2. The van der Waals surface area contributed by atoms with Gasteiger partial charge in [0.25, 0.3) is 0 Å². The third-order valence-corrected chi connectivity index (χ3v) is 2.68. The maximum atomic E-state index is 10.5. The molecular formula is C12H14N2O2. The minimum Gasteiger partial charge on any atom is -0.481 e. The second-order valence-corrected chi connectivity index (χ2v) is 3.92. The van der Waals surface area contributed by atoms with Crippen LogP contribution in [-0.4, -0.2) is 20.5 Å². The zero-order valence-electron chi connectivity index (χ0n) is 9.40. The quantitative estimate of drug-likeness (QED) is 0.856. The van der Waals surface area contributed by atoms with Crippen molar-refractivity contribution in [2.24, 2.45) is 0 Å². The largest absolute Gasteiger partial charge is 0.481 e. The van der Waals surface area contributed by atoms with Gasteiger partial charge in [0.2, 0.25) is 0 Å². The smallest absolute Gasteiger partial charge is 0.303 e. The summed E-state index contributed by atoms with van der Waals surface area (Å²) in [6, 6.07) is 3.98. The summed E-state index contributed by atoms with van der Waals surface area (Å²) in [5, 5.41) is 8.67. The molecule has 84 valence electrons. The molecule has 0 saturated carbocycles. The molecule has 0 radical (unpaired) electrons. The molecule has 0 bridgehead atoms. The molecule has 16 heavy (non-hydrogen) atoms. The van der Waals surface area contributed by atoms with E-state index in [4.69, 9.17) is 5.11 Å². The van der Waals surface area contributed by atoms with Crippen molar-refractivity contribution >= 4 is 11.5 Å². The maximum Gasteiger partial charge on any atom is 0.303 e. The molecule has 0 aliphatic carbocycles. The molecular weight excluding hydrogens is 204 g/mol. The number of carboxylic acids is 1. The summed E-state index contributed by atoms with van der Waals surface area (Å²) < 4.78 is 1.98. The molecule has 2 aromatic rings. The standard InChI is InChI=1S/C12H14N2O2/c1-8-4-3-7-14-10(5-6-11(15)16)13-9(2)12(8)14/h3-4,7H,5-6H2,1-2H3,(H,15,16). The Hall–Kier alpha value is -1.84. The third kappa shape index (κ3) is 1.78. The van der Waals surface area contributed by atoms with Crippen molar-refractivity contribution in [2.45, 2.75) is 26.7 Å². The number of aryl methyl sites for hydroxylation is 3. The van der Waals surface area contributed by atoms with Gasteiger partial charge in [0, 0.05) is 12.6 Å². The maximum absolute atomic E-state index is 10.5. The van der Waals surface area contributed by atoms with Crippen LogP contribution in [0.15, 0.2) is 18.3 Å². The molecule has 0 fully saturated rings. The number of imidazole rings is 1. The number of fused-ring (bicyclic) bond motifs is 1. The monoisotopic (exact) mass is 218 g/mol. The normalized spacial score (nSPS) is 10.9. The van der Waals surface area contributed by atoms with E-state index in [0.717, 1.165) is 22.6 Å². The molecule has 1 N–H and O–H groups in total. The second-order valence-electron chi connectivity index (χ2n) is 3.92. The molecule has 0 aliphatic rings. The number of aliphatic carboxylic acids is 1. The Morgan fingerprint density at radius 1 is 1.50 bits per heavy atom. The zero-order chi connectivity index (χ0) is 11.7. The Kier molecular flexibility index (Phi) is 2.64. The van der Waals surface area contributed by atoms with Crippen molar-refractivity contribution in [1.29, 1.82) is 0 Å². The van der Waals surface area contributed by atoms with Crippen LogP contribution in [0.2, 0.25) is 0 Å². The van der Waals surface area contributed by atoms with Gasteiger partial charge in [-0.1, -0.05) is 6.07 Å². The number of rotatable bonds is 3. The molecule has 0 unspecified atom stereocenters. The van der Waals surface area contributed by atoms with Gasteiger partial charge < -0.3 is 9.51 Å². The Labute approximate surface area is 93.5 Å². The van der Waals surface area contributed by atoms with Crippen LogP contribution in [0.4, 0.5) is 0 Å².